The summed E-state index contributed by atoms with van der Waals surface area (Å²) in [7, 11) is 0. The van der Waals surface area contributed by atoms with E-state index in [0.29, 0.717) is 18.1 Å². The third-order valence-corrected chi connectivity index (χ3v) is 3.88. The number of hydrogen-bond acceptors (Lipinski definition) is 4. The lowest BCUT2D eigenvalue weighted by Gasteiger charge is -2.33. The Balaban J connectivity index is 1.86. The van der Waals surface area contributed by atoms with E-state index in [9.17, 15) is 4.79 Å². The van der Waals surface area contributed by atoms with Gasteiger partial charge >= 0.3 is 0 Å². The molecule has 0 unspecified atom stereocenters. The minimum Gasteiger partial charge on any atom is -0.337 e. The van der Waals surface area contributed by atoms with E-state index in [0.717, 1.165) is 31.4 Å². The number of hydrogen-bond donors (Lipinski definition) is 0. The van der Waals surface area contributed by atoms with Gasteiger partial charge in [-0.05, 0) is 19.3 Å². The zero-order valence-corrected chi connectivity index (χ0v) is 12.2. The Bertz CT molecular complexity index is 609. The molecule has 1 saturated heterocycles. The third kappa shape index (κ3) is 2.82. The summed E-state index contributed by atoms with van der Waals surface area (Å²) in [5.41, 5.74) is 0.927. The predicted octanol–water partition coefficient (Wildman–Crippen LogP) is 3.20. The van der Waals surface area contributed by atoms with Crippen molar-refractivity contribution in [2.24, 2.45) is 0 Å². The standard InChI is InChI=1S/C16H19N3O2/c1-2-14(20)19-11-7-6-10-13(19)16-17-15(18-21-16)12-8-4-3-5-9-12/h3-5,8-9,13H,2,6-7,10-11H2,1H3/t13-/m1/s1. The van der Waals surface area contributed by atoms with Gasteiger partial charge in [0.2, 0.25) is 17.6 Å². The van der Waals surface area contributed by atoms with Crippen LogP contribution in [-0.2, 0) is 4.79 Å². The van der Waals surface area contributed by atoms with Crippen molar-refractivity contribution in [1.82, 2.24) is 15.0 Å². The highest BCUT2D eigenvalue weighted by Crippen LogP contribution is 2.31. The number of benzene rings is 1. The summed E-state index contributed by atoms with van der Waals surface area (Å²) in [4.78, 5) is 18.4. The number of carbonyl (C=O) groups is 1. The zero-order chi connectivity index (χ0) is 14.7. The monoisotopic (exact) mass is 285 g/mol. The Kier molecular flexibility index (Phi) is 3.99. The second-order valence-electron chi connectivity index (χ2n) is 5.27. The van der Waals surface area contributed by atoms with E-state index in [1.807, 2.05) is 42.2 Å². The van der Waals surface area contributed by atoms with Crippen LogP contribution in [0.15, 0.2) is 34.9 Å². The lowest BCUT2D eigenvalue weighted by Crippen LogP contribution is -2.38. The molecule has 5 heteroatoms. The summed E-state index contributed by atoms with van der Waals surface area (Å²) in [5.74, 6) is 1.29. The Labute approximate surface area is 124 Å². The van der Waals surface area contributed by atoms with Crippen LogP contribution in [0.3, 0.4) is 0 Å². The molecule has 2 heterocycles. The Morgan fingerprint density at radius 1 is 1.33 bits per heavy atom. The average Bonchev–Trinajstić information content (AvgIpc) is 3.05. The van der Waals surface area contributed by atoms with Crippen LogP contribution in [0.2, 0.25) is 0 Å². The molecule has 5 nitrogen and oxygen atoms in total. The summed E-state index contributed by atoms with van der Waals surface area (Å²) in [5, 5.41) is 4.06. The maximum Gasteiger partial charge on any atom is 0.249 e. The fraction of sp³-hybridized carbons (Fsp3) is 0.438. The van der Waals surface area contributed by atoms with Gasteiger partial charge in [-0.1, -0.05) is 42.4 Å². The first kappa shape index (κ1) is 13.8. The van der Waals surface area contributed by atoms with E-state index in [1.54, 1.807) is 0 Å². The molecule has 0 spiro atoms. The molecule has 1 aromatic heterocycles. The van der Waals surface area contributed by atoms with Gasteiger partial charge in [0.1, 0.15) is 6.04 Å². The number of piperidine rings is 1. The van der Waals surface area contributed by atoms with Gasteiger partial charge in [-0.3, -0.25) is 4.79 Å². The van der Waals surface area contributed by atoms with Crippen molar-refractivity contribution < 1.29 is 9.32 Å². The van der Waals surface area contributed by atoms with Crippen molar-refractivity contribution in [2.45, 2.75) is 38.6 Å². The van der Waals surface area contributed by atoms with E-state index < -0.39 is 0 Å². The summed E-state index contributed by atoms with van der Waals surface area (Å²) in [6, 6.07) is 9.66. The lowest BCUT2D eigenvalue weighted by molar-refractivity contribution is -0.135. The molecule has 0 radical (unpaired) electrons. The van der Waals surface area contributed by atoms with E-state index in [2.05, 4.69) is 10.1 Å². The highest BCUT2D eigenvalue weighted by atomic mass is 16.5. The van der Waals surface area contributed by atoms with Gasteiger partial charge in [-0.25, -0.2) is 0 Å². The minimum absolute atomic E-state index is 0.0730. The van der Waals surface area contributed by atoms with Crippen LogP contribution < -0.4 is 0 Å². The topological polar surface area (TPSA) is 59.2 Å². The SMILES string of the molecule is CCC(=O)N1CCCC[C@@H]1c1nc(-c2ccccc2)no1. The largest absolute Gasteiger partial charge is 0.337 e. The van der Waals surface area contributed by atoms with Crippen LogP contribution in [0.1, 0.15) is 44.5 Å². The maximum atomic E-state index is 12.1. The summed E-state index contributed by atoms with van der Waals surface area (Å²) < 4.78 is 5.43. The van der Waals surface area contributed by atoms with E-state index in [-0.39, 0.29) is 11.9 Å². The normalized spacial score (nSPS) is 18.7. The van der Waals surface area contributed by atoms with Gasteiger partial charge in [0, 0.05) is 18.5 Å². The first-order valence-electron chi connectivity index (χ1n) is 7.48. The molecule has 0 bridgehead atoms. The molecule has 1 amide bonds. The molecule has 1 atom stereocenters. The number of nitrogens with zero attached hydrogens (tertiary/aromatic N) is 3. The first-order valence-corrected chi connectivity index (χ1v) is 7.48. The lowest BCUT2D eigenvalue weighted by atomic mass is 10.0. The number of aromatic nitrogens is 2. The second kappa shape index (κ2) is 6.08. The van der Waals surface area contributed by atoms with Crippen molar-refractivity contribution in [2.75, 3.05) is 6.54 Å². The second-order valence-corrected chi connectivity index (χ2v) is 5.27. The number of rotatable bonds is 3. The molecule has 1 aromatic carbocycles. The molecular formula is C16H19N3O2. The predicted molar refractivity (Wildman–Crippen MR) is 78.3 cm³/mol. The van der Waals surface area contributed by atoms with Crippen molar-refractivity contribution in [3.8, 4) is 11.4 Å². The fourth-order valence-corrected chi connectivity index (χ4v) is 2.76. The quantitative estimate of drug-likeness (QED) is 0.869. The van der Waals surface area contributed by atoms with Crippen molar-refractivity contribution in [3.05, 3.63) is 36.2 Å². The minimum atomic E-state index is -0.0730. The molecule has 1 aliphatic heterocycles. The van der Waals surface area contributed by atoms with E-state index in [1.165, 1.54) is 0 Å². The molecule has 110 valence electrons. The number of amides is 1. The molecule has 1 fully saturated rings. The van der Waals surface area contributed by atoms with Gasteiger partial charge in [-0.2, -0.15) is 4.98 Å². The van der Waals surface area contributed by atoms with Crippen molar-refractivity contribution >= 4 is 5.91 Å². The summed E-state index contributed by atoms with van der Waals surface area (Å²) in [6.07, 6.45) is 3.53. The molecular weight excluding hydrogens is 266 g/mol. The Morgan fingerprint density at radius 2 is 2.14 bits per heavy atom. The van der Waals surface area contributed by atoms with E-state index >= 15 is 0 Å². The molecule has 0 N–H and O–H groups in total. The van der Waals surface area contributed by atoms with Crippen molar-refractivity contribution in [1.29, 1.82) is 0 Å². The van der Waals surface area contributed by atoms with Gasteiger partial charge < -0.3 is 9.42 Å². The summed E-state index contributed by atoms with van der Waals surface area (Å²) in [6.45, 7) is 2.66. The van der Waals surface area contributed by atoms with E-state index in [4.69, 9.17) is 4.52 Å². The average molecular weight is 285 g/mol. The van der Waals surface area contributed by atoms with Crippen LogP contribution in [0.4, 0.5) is 0 Å². The smallest absolute Gasteiger partial charge is 0.249 e. The molecule has 3 rings (SSSR count). The molecule has 1 aliphatic rings. The Hall–Kier alpha value is -2.17. The van der Waals surface area contributed by atoms with Crippen molar-refractivity contribution in [3.63, 3.8) is 0 Å². The maximum absolute atomic E-state index is 12.1. The highest BCUT2D eigenvalue weighted by Gasteiger charge is 2.31. The zero-order valence-electron chi connectivity index (χ0n) is 12.2. The molecule has 21 heavy (non-hydrogen) atoms. The first-order chi connectivity index (χ1) is 10.3. The fourth-order valence-electron chi connectivity index (χ4n) is 2.76. The van der Waals surface area contributed by atoms with Gasteiger partial charge in [0.15, 0.2) is 0 Å². The highest BCUT2D eigenvalue weighted by molar-refractivity contribution is 5.76. The molecule has 0 aliphatic carbocycles. The van der Waals surface area contributed by atoms with Crippen LogP contribution in [0.5, 0.6) is 0 Å². The van der Waals surface area contributed by atoms with Crippen LogP contribution in [0.25, 0.3) is 11.4 Å². The Morgan fingerprint density at radius 3 is 2.90 bits per heavy atom. The third-order valence-electron chi connectivity index (χ3n) is 3.88. The molecule has 2 aromatic rings. The van der Waals surface area contributed by atoms with Gasteiger partial charge in [0.25, 0.3) is 0 Å². The van der Waals surface area contributed by atoms with Gasteiger partial charge in [0.05, 0.1) is 0 Å². The number of likely N-dealkylation sites (tertiary alicyclic amines) is 1. The van der Waals surface area contributed by atoms with Crippen LogP contribution >= 0.6 is 0 Å². The number of carbonyl (C=O) groups excluding carboxylic acids is 1. The van der Waals surface area contributed by atoms with Crippen LogP contribution in [-0.4, -0.2) is 27.5 Å². The van der Waals surface area contributed by atoms with Crippen LogP contribution in [0, 0.1) is 0 Å². The van der Waals surface area contributed by atoms with Gasteiger partial charge in [-0.15, -0.1) is 0 Å². The summed E-state index contributed by atoms with van der Waals surface area (Å²) >= 11 is 0. The molecule has 0 saturated carbocycles.